The number of hydrogen-bond acceptors (Lipinski definition) is 7. The zero-order valence-electron chi connectivity index (χ0n) is 12.7. The van der Waals surface area contributed by atoms with E-state index in [1.54, 1.807) is 0 Å². The summed E-state index contributed by atoms with van der Waals surface area (Å²) in [5, 5.41) is 0. The van der Waals surface area contributed by atoms with E-state index in [9.17, 15) is 0 Å². The van der Waals surface area contributed by atoms with Gasteiger partial charge in [-0.2, -0.15) is 15.0 Å². The van der Waals surface area contributed by atoms with E-state index < -0.39 is 0 Å². The SMILES string of the molecule is CCN1CCN(c2nc(N)nc(OC(C)C)n2)CC1C. The molecule has 20 heavy (non-hydrogen) atoms. The van der Waals surface area contributed by atoms with Crippen LogP contribution in [0.1, 0.15) is 27.7 Å². The lowest BCUT2D eigenvalue weighted by molar-refractivity contribution is 0.197. The van der Waals surface area contributed by atoms with Gasteiger partial charge in [-0.05, 0) is 27.3 Å². The van der Waals surface area contributed by atoms with E-state index >= 15 is 0 Å². The van der Waals surface area contributed by atoms with E-state index in [-0.39, 0.29) is 12.1 Å². The zero-order valence-corrected chi connectivity index (χ0v) is 12.7. The first-order chi connectivity index (χ1) is 9.49. The van der Waals surface area contributed by atoms with Crippen LogP contribution in [-0.4, -0.2) is 58.2 Å². The van der Waals surface area contributed by atoms with Gasteiger partial charge in [0.15, 0.2) is 0 Å². The Morgan fingerprint density at radius 1 is 1.30 bits per heavy atom. The van der Waals surface area contributed by atoms with Crippen molar-refractivity contribution in [2.75, 3.05) is 36.8 Å². The summed E-state index contributed by atoms with van der Waals surface area (Å²) < 4.78 is 5.52. The van der Waals surface area contributed by atoms with E-state index in [1.807, 2.05) is 13.8 Å². The Bertz CT molecular complexity index is 452. The van der Waals surface area contributed by atoms with Gasteiger partial charge in [-0.3, -0.25) is 4.90 Å². The van der Waals surface area contributed by atoms with Crippen LogP contribution in [0.2, 0.25) is 0 Å². The van der Waals surface area contributed by atoms with Crippen LogP contribution in [0.3, 0.4) is 0 Å². The molecule has 0 radical (unpaired) electrons. The highest BCUT2D eigenvalue weighted by molar-refractivity contribution is 5.36. The molecule has 7 nitrogen and oxygen atoms in total. The number of nitrogens with two attached hydrogens (primary N) is 1. The number of likely N-dealkylation sites (N-methyl/N-ethyl adjacent to an activating group) is 1. The number of hydrogen-bond donors (Lipinski definition) is 1. The van der Waals surface area contributed by atoms with Crippen LogP contribution in [0.25, 0.3) is 0 Å². The zero-order chi connectivity index (χ0) is 14.7. The van der Waals surface area contributed by atoms with Gasteiger partial charge < -0.3 is 15.4 Å². The maximum atomic E-state index is 5.75. The Morgan fingerprint density at radius 3 is 2.65 bits per heavy atom. The molecule has 0 amide bonds. The number of anilines is 2. The summed E-state index contributed by atoms with van der Waals surface area (Å²) in [5.74, 6) is 0.812. The molecule has 0 spiro atoms. The summed E-state index contributed by atoms with van der Waals surface area (Å²) in [4.78, 5) is 17.2. The fourth-order valence-corrected chi connectivity index (χ4v) is 2.41. The fraction of sp³-hybridized carbons (Fsp3) is 0.769. The van der Waals surface area contributed by atoms with Gasteiger partial charge >= 0.3 is 6.01 Å². The van der Waals surface area contributed by atoms with Crippen molar-refractivity contribution in [3.63, 3.8) is 0 Å². The normalized spacial score (nSPS) is 20.4. The number of nitrogen functional groups attached to an aromatic ring is 1. The second-order valence-electron chi connectivity index (χ2n) is 5.37. The quantitative estimate of drug-likeness (QED) is 0.872. The average Bonchev–Trinajstić information content (AvgIpc) is 2.37. The van der Waals surface area contributed by atoms with Gasteiger partial charge in [-0.1, -0.05) is 6.92 Å². The van der Waals surface area contributed by atoms with Crippen LogP contribution >= 0.6 is 0 Å². The molecule has 2 rings (SSSR count). The molecule has 0 aliphatic carbocycles. The van der Waals surface area contributed by atoms with Gasteiger partial charge in [0.2, 0.25) is 11.9 Å². The third kappa shape index (κ3) is 3.47. The Kier molecular flexibility index (Phi) is 4.59. The van der Waals surface area contributed by atoms with Gasteiger partial charge in [-0.15, -0.1) is 0 Å². The minimum Gasteiger partial charge on any atom is -0.461 e. The number of nitrogens with zero attached hydrogens (tertiary/aromatic N) is 5. The van der Waals surface area contributed by atoms with Crippen molar-refractivity contribution < 1.29 is 4.74 Å². The van der Waals surface area contributed by atoms with Crippen LogP contribution in [0.15, 0.2) is 0 Å². The van der Waals surface area contributed by atoms with Crippen molar-refractivity contribution in [3.05, 3.63) is 0 Å². The minimum absolute atomic E-state index is 0.0144. The molecule has 1 unspecified atom stereocenters. The van der Waals surface area contributed by atoms with Crippen molar-refractivity contribution in [2.45, 2.75) is 39.8 Å². The van der Waals surface area contributed by atoms with Crippen LogP contribution < -0.4 is 15.4 Å². The number of aromatic nitrogens is 3. The molecule has 1 aliphatic heterocycles. The van der Waals surface area contributed by atoms with Crippen molar-refractivity contribution in [1.29, 1.82) is 0 Å². The summed E-state index contributed by atoms with van der Waals surface area (Å²) >= 11 is 0. The topological polar surface area (TPSA) is 80.4 Å². The summed E-state index contributed by atoms with van der Waals surface area (Å²) in [6.07, 6.45) is 0.0144. The monoisotopic (exact) mass is 280 g/mol. The van der Waals surface area contributed by atoms with Crippen LogP contribution in [0.5, 0.6) is 6.01 Å². The minimum atomic E-state index is 0.0144. The highest BCUT2D eigenvalue weighted by Gasteiger charge is 2.24. The lowest BCUT2D eigenvalue weighted by Crippen LogP contribution is -2.52. The Labute approximate surface area is 120 Å². The number of rotatable bonds is 4. The fourth-order valence-electron chi connectivity index (χ4n) is 2.41. The molecular formula is C13H24N6O. The third-order valence-corrected chi connectivity index (χ3v) is 3.42. The van der Waals surface area contributed by atoms with Gasteiger partial charge in [-0.25, -0.2) is 0 Å². The molecule has 1 aromatic rings. The standard InChI is InChI=1S/C13H24N6O/c1-5-18-6-7-19(8-10(18)4)12-15-11(14)16-13(17-12)20-9(2)3/h9-10H,5-8H2,1-4H3,(H2,14,15,16,17). The number of ether oxygens (including phenoxy) is 1. The molecule has 112 valence electrons. The van der Waals surface area contributed by atoms with Crippen molar-refractivity contribution in [2.24, 2.45) is 0 Å². The Morgan fingerprint density at radius 2 is 2.05 bits per heavy atom. The van der Waals surface area contributed by atoms with Crippen molar-refractivity contribution >= 4 is 11.9 Å². The first-order valence-electron chi connectivity index (χ1n) is 7.16. The lowest BCUT2D eigenvalue weighted by Gasteiger charge is -2.39. The van der Waals surface area contributed by atoms with Crippen LogP contribution in [0.4, 0.5) is 11.9 Å². The lowest BCUT2D eigenvalue weighted by atomic mass is 10.2. The van der Waals surface area contributed by atoms with E-state index in [0.717, 1.165) is 26.2 Å². The molecule has 1 aromatic heterocycles. The first kappa shape index (κ1) is 14.8. The van der Waals surface area contributed by atoms with Crippen LogP contribution in [-0.2, 0) is 0 Å². The third-order valence-electron chi connectivity index (χ3n) is 3.42. The van der Waals surface area contributed by atoms with Gasteiger partial charge in [0.05, 0.1) is 6.10 Å². The second-order valence-corrected chi connectivity index (χ2v) is 5.37. The molecule has 1 aliphatic rings. The smallest absolute Gasteiger partial charge is 0.323 e. The second kappa shape index (κ2) is 6.21. The van der Waals surface area contributed by atoms with E-state index in [0.29, 0.717) is 18.0 Å². The molecule has 2 heterocycles. The molecule has 2 N–H and O–H groups in total. The van der Waals surface area contributed by atoms with Gasteiger partial charge in [0.1, 0.15) is 0 Å². The maximum Gasteiger partial charge on any atom is 0.323 e. The maximum absolute atomic E-state index is 5.75. The summed E-state index contributed by atoms with van der Waals surface area (Å²) in [6, 6.07) is 0.772. The Balaban J connectivity index is 2.14. The largest absolute Gasteiger partial charge is 0.461 e. The van der Waals surface area contributed by atoms with E-state index in [1.165, 1.54) is 0 Å². The molecule has 0 bridgehead atoms. The van der Waals surface area contributed by atoms with Crippen LogP contribution in [0, 0.1) is 0 Å². The Hall–Kier alpha value is -1.63. The highest BCUT2D eigenvalue weighted by Crippen LogP contribution is 2.18. The molecule has 0 saturated carbocycles. The van der Waals surface area contributed by atoms with Crippen molar-refractivity contribution in [3.8, 4) is 6.01 Å². The van der Waals surface area contributed by atoms with E-state index in [2.05, 4.69) is 38.6 Å². The number of piperazine rings is 1. The van der Waals surface area contributed by atoms with E-state index in [4.69, 9.17) is 10.5 Å². The highest BCUT2D eigenvalue weighted by atomic mass is 16.5. The molecule has 7 heteroatoms. The average molecular weight is 280 g/mol. The first-order valence-corrected chi connectivity index (χ1v) is 7.16. The van der Waals surface area contributed by atoms with Crippen molar-refractivity contribution in [1.82, 2.24) is 19.9 Å². The predicted molar refractivity (Wildman–Crippen MR) is 78.9 cm³/mol. The molecule has 1 fully saturated rings. The molecular weight excluding hydrogens is 256 g/mol. The predicted octanol–water partition coefficient (Wildman–Crippen LogP) is 0.771. The molecule has 1 saturated heterocycles. The summed E-state index contributed by atoms with van der Waals surface area (Å²) in [6.45, 7) is 12.1. The molecule has 0 aromatic carbocycles. The van der Waals surface area contributed by atoms with Gasteiger partial charge in [0.25, 0.3) is 0 Å². The van der Waals surface area contributed by atoms with Gasteiger partial charge in [0, 0.05) is 25.7 Å². The summed E-state index contributed by atoms with van der Waals surface area (Å²) in [5.41, 5.74) is 5.75. The summed E-state index contributed by atoms with van der Waals surface area (Å²) in [7, 11) is 0. The molecule has 1 atom stereocenters.